The molecule has 1 aromatic heterocycles. The molecule has 1 fully saturated rings. The van der Waals surface area contributed by atoms with E-state index in [0.717, 1.165) is 25.6 Å². The minimum Gasteiger partial charge on any atom is -0.333 e. The monoisotopic (exact) mass is 222 g/mol. The van der Waals surface area contributed by atoms with Crippen LogP contribution in [0.25, 0.3) is 0 Å². The second kappa shape index (κ2) is 5.46. The van der Waals surface area contributed by atoms with E-state index in [1.807, 2.05) is 12.5 Å². The molecule has 0 aliphatic carbocycles. The van der Waals surface area contributed by atoms with Crippen LogP contribution >= 0.6 is 0 Å². The summed E-state index contributed by atoms with van der Waals surface area (Å²) in [5.41, 5.74) is 1.30. The average molecular weight is 222 g/mol. The van der Waals surface area contributed by atoms with Gasteiger partial charge in [0.2, 0.25) is 0 Å². The van der Waals surface area contributed by atoms with E-state index < -0.39 is 0 Å². The maximum atomic E-state index is 4.25. The summed E-state index contributed by atoms with van der Waals surface area (Å²) in [6, 6.07) is 0. The molecular formula is C12H22N4. The molecular weight excluding hydrogens is 200 g/mol. The largest absolute Gasteiger partial charge is 0.333 e. The first-order chi connectivity index (χ1) is 7.79. The van der Waals surface area contributed by atoms with Crippen molar-refractivity contribution in [3.05, 3.63) is 18.2 Å². The molecule has 4 heteroatoms. The number of aromatic nitrogens is 2. The molecule has 16 heavy (non-hydrogen) atoms. The lowest BCUT2D eigenvalue weighted by Gasteiger charge is -2.13. The van der Waals surface area contributed by atoms with E-state index in [1.54, 1.807) is 0 Å². The van der Waals surface area contributed by atoms with E-state index in [9.17, 15) is 0 Å². The number of imidazole rings is 1. The van der Waals surface area contributed by atoms with Crippen LogP contribution in [0.4, 0.5) is 0 Å². The molecule has 1 aliphatic rings. The Morgan fingerprint density at radius 3 is 3.12 bits per heavy atom. The Hall–Kier alpha value is -0.870. The standard InChI is InChI=1S/C12H22N4/c1-3-13-6-12-7-14-10-16(12)9-11-4-5-15(2)8-11/h7,10-11,13H,3-6,8-9H2,1-2H3. The molecule has 1 atom stereocenters. The number of rotatable bonds is 5. The van der Waals surface area contributed by atoms with Gasteiger partial charge in [0, 0.05) is 25.8 Å². The molecule has 1 saturated heterocycles. The molecule has 0 saturated carbocycles. The van der Waals surface area contributed by atoms with E-state index in [4.69, 9.17) is 0 Å². The van der Waals surface area contributed by atoms with Crippen molar-refractivity contribution in [2.45, 2.75) is 26.4 Å². The van der Waals surface area contributed by atoms with Crippen LogP contribution in [0.1, 0.15) is 19.0 Å². The van der Waals surface area contributed by atoms with Gasteiger partial charge in [-0.1, -0.05) is 6.92 Å². The van der Waals surface area contributed by atoms with E-state index in [2.05, 4.69) is 33.7 Å². The first-order valence-electron chi connectivity index (χ1n) is 6.18. The van der Waals surface area contributed by atoms with Crippen LogP contribution in [0.5, 0.6) is 0 Å². The Bertz CT molecular complexity index is 321. The molecule has 0 aromatic carbocycles. The summed E-state index contributed by atoms with van der Waals surface area (Å²) in [5.74, 6) is 0.791. The fourth-order valence-corrected chi connectivity index (χ4v) is 2.37. The summed E-state index contributed by atoms with van der Waals surface area (Å²) in [7, 11) is 2.20. The van der Waals surface area contributed by atoms with Gasteiger partial charge in [0.15, 0.2) is 0 Å². The smallest absolute Gasteiger partial charge is 0.0948 e. The van der Waals surface area contributed by atoms with Crippen LogP contribution in [-0.4, -0.2) is 41.1 Å². The number of likely N-dealkylation sites (tertiary alicyclic amines) is 1. The summed E-state index contributed by atoms with van der Waals surface area (Å²) in [6.07, 6.45) is 5.25. The third-order valence-corrected chi connectivity index (χ3v) is 3.30. The molecule has 2 heterocycles. The molecule has 0 spiro atoms. The summed E-state index contributed by atoms with van der Waals surface area (Å²) in [5, 5.41) is 3.35. The van der Waals surface area contributed by atoms with Gasteiger partial charge >= 0.3 is 0 Å². The molecule has 1 N–H and O–H groups in total. The molecule has 2 rings (SSSR count). The van der Waals surface area contributed by atoms with Crippen molar-refractivity contribution in [3.63, 3.8) is 0 Å². The van der Waals surface area contributed by atoms with Crippen LogP contribution < -0.4 is 5.32 Å². The number of nitrogens with one attached hydrogen (secondary N) is 1. The fourth-order valence-electron chi connectivity index (χ4n) is 2.37. The van der Waals surface area contributed by atoms with Gasteiger partial charge in [0.1, 0.15) is 0 Å². The van der Waals surface area contributed by atoms with Crippen molar-refractivity contribution in [1.29, 1.82) is 0 Å². The second-order valence-corrected chi connectivity index (χ2v) is 4.73. The van der Waals surface area contributed by atoms with Gasteiger partial charge in [-0.2, -0.15) is 0 Å². The Labute approximate surface area is 97.7 Å². The van der Waals surface area contributed by atoms with Gasteiger partial charge in [0.05, 0.1) is 12.0 Å². The maximum absolute atomic E-state index is 4.25. The van der Waals surface area contributed by atoms with Gasteiger partial charge in [-0.3, -0.25) is 0 Å². The van der Waals surface area contributed by atoms with Crippen LogP contribution in [0.15, 0.2) is 12.5 Å². The van der Waals surface area contributed by atoms with Crippen molar-refractivity contribution in [3.8, 4) is 0 Å². The second-order valence-electron chi connectivity index (χ2n) is 4.73. The fraction of sp³-hybridized carbons (Fsp3) is 0.750. The van der Waals surface area contributed by atoms with Crippen molar-refractivity contribution in [2.75, 3.05) is 26.7 Å². The highest BCUT2D eigenvalue weighted by Crippen LogP contribution is 2.17. The molecule has 90 valence electrons. The zero-order valence-corrected chi connectivity index (χ0v) is 10.3. The Morgan fingerprint density at radius 1 is 1.56 bits per heavy atom. The molecule has 0 bridgehead atoms. The van der Waals surface area contributed by atoms with E-state index >= 15 is 0 Å². The lowest BCUT2D eigenvalue weighted by atomic mass is 10.1. The lowest BCUT2D eigenvalue weighted by molar-refractivity contribution is 0.375. The lowest BCUT2D eigenvalue weighted by Crippen LogP contribution is -2.20. The van der Waals surface area contributed by atoms with Crippen molar-refractivity contribution >= 4 is 0 Å². The Morgan fingerprint density at radius 2 is 2.44 bits per heavy atom. The summed E-state index contributed by atoms with van der Waals surface area (Å²) < 4.78 is 2.30. The highest BCUT2D eigenvalue weighted by Gasteiger charge is 2.20. The predicted octanol–water partition coefficient (Wildman–Crippen LogP) is 0.944. The molecule has 0 amide bonds. The molecule has 4 nitrogen and oxygen atoms in total. The maximum Gasteiger partial charge on any atom is 0.0948 e. The first kappa shape index (κ1) is 11.6. The van der Waals surface area contributed by atoms with Crippen molar-refractivity contribution in [1.82, 2.24) is 19.8 Å². The van der Waals surface area contributed by atoms with Crippen LogP contribution in [0.3, 0.4) is 0 Å². The van der Waals surface area contributed by atoms with E-state index in [-0.39, 0.29) is 0 Å². The third-order valence-electron chi connectivity index (χ3n) is 3.30. The van der Waals surface area contributed by atoms with E-state index in [1.165, 1.54) is 25.2 Å². The van der Waals surface area contributed by atoms with Crippen LogP contribution in [0.2, 0.25) is 0 Å². The van der Waals surface area contributed by atoms with Gasteiger partial charge in [-0.15, -0.1) is 0 Å². The summed E-state index contributed by atoms with van der Waals surface area (Å²) in [6.45, 7) is 7.65. The number of nitrogens with zero attached hydrogens (tertiary/aromatic N) is 3. The number of hydrogen-bond acceptors (Lipinski definition) is 3. The minimum atomic E-state index is 0.791. The molecule has 0 radical (unpaired) electrons. The van der Waals surface area contributed by atoms with Crippen molar-refractivity contribution < 1.29 is 0 Å². The summed E-state index contributed by atoms with van der Waals surface area (Å²) >= 11 is 0. The van der Waals surface area contributed by atoms with Crippen LogP contribution in [0, 0.1) is 5.92 Å². The first-order valence-corrected chi connectivity index (χ1v) is 6.18. The Kier molecular flexibility index (Phi) is 3.96. The van der Waals surface area contributed by atoms with Crippen molar-refractivity contribution in [2.24, 2.45) is 5.92 Å². The minimum absolute atomic E-state index is 0.791. The highest BCUT2D eigenvalue weighted by molar-refractivity contribution is 4.98. The molecule has 1 unspecified atom stereocenters. The van der Waals surface area contributed by atoms with Crippen LogP contribution in [-0.2, 0) is 13.1 Å². The highest BCUT2D eigenvalue weighted by atomic mass is 15.1. The quantitative estimate of drug-likeness (QED) is 0.805. The van der Waals surface area contributed by atoms with E-state index in [0.29, 0.717) is 0 Å². The van der Waals surface area contributed by atoms with Gasteiger partial charge in [-0.05, 0) is 32.5 Å². The topological polar surface area (TPSA) is 33.1 Å². The zero-order chi connectivity index (χ0) is 11.4. The zero-order valence-electron chi connectivity index (χ0n) is 10.3. The average Bonchev–Trinajstić information content (AvgIpc) is 2.86. The molecule has 1 aliphatic heterocycles. The van der Waals surface area contributed by atoms with Gasteiger partial charge in [0.25, 0.3) is 0 Å². The number of hydrogen-bond donors (Lipinski definition) is 1. The predicted molar refractivity (Wildman–Crippen MR) is 65.2 cm³/mol. The SMILES string of the molecule is CCNCc1cncn1CC1CCN(C)C1. The Balaban J connectivity index is 1.90. The van der Waals surface area contributed by atoms with Gasteiger partial charge < -0.3 is 14.8 Å². The summed E-state index contributed by atoms with van der Waals surface area (Å²) in [4.78, 5) is 6.65. The van der Waals surface area contributed by atoms with Gasteiger partial charge in [-0.25, -0.2) is 4.98 Å². The normalized spacial score (nSPS) is 21.8. The third kappa shape index (κ3) is 2.83. The molecule has 1 aromatic rings.